The fraction of sp³-hybridized carbons (Fsp3) is 0.200. The third-order valence-corrected chi connectivity index (χ3v) is 3.72. The summed E-state index contributed by atoms with van der Waals surface area (Å²) >= 11 is 11.9. The van der Waals surface area contributed by atoms with Crippen molar-refractivity contribution in [1.82, 2.24) is 0 Å². The number of halogens is 3. The lowest BCUT2D eigenvalue weighted by molar-refractivity contribution is 0.621. The highest BCUT2D eigenvalue weighted by atomic mass is 35.5. The molecule has 1 nitrogen and oxygen atoms in total. The molecule has 2 aromatic rings. The highest BCUT2D eigenvalue weighted by Gasteiger charge is 2.13. The third kappa shape index (κ3) is 3.69. The Bertz CT molecular complexity index is 555. The highest BCUT2D eigenvalue weighted by Crippen LogP contribution is 2.26. The Kier molecular flexibility index (Phi) is 4.81. The van der Waals surface area contributed by atoms with Crippen LogP contribution in [0.3, 0.4) is 0 Å². The lowest BCUT2D eigenvalue weighted by Crippen LogP contribution is -2.15. The van der Waals surface area contributed by atoms with Gasteiger partial charge >= 0.3 is 0 Å². The van der Waals surface area contributed by atoms with Crippen molar-refractivity contribution in [3.05, 3.63) is 69.5 Å². The van der Waals surface area contributed by atoms with Gasteiger partial charge < -0.3 is 5.73 Å². The molecule has 0 aromatic heterocycles. The average molecular weight is 298 g/mol. The standard InChI is InChI=1S/C15H14Cl2FN/c16-13-3-1-10(2-4-13)12(9-19)7-11-8-14(18)5-6-15(11)17/h1-6,8,12H,7,9,19H2. The Morgan fingerprint density at radius 1 is 1.05 bits per heavy atom. The maximum atomic E-state index is 13.2. The third-order valence-electron chi connectivity index (χ3n) is 3.10. The van der Waals surface area contributed by atoms with Crippen molar-refractivity contribution in [2.24, 2.45) is 5.73 Å². The molecule has 0 bridgehead atoms. The molecule has 0 saturated carbocycles. The van der Waals surface area contributed by atoms with Gasteiger partial charge in [-0.25, -0.2) is 4.39 Å². The first-order valence-electron chi connectivity index (χ1n) is 5.99. The van der Waals surface area contributed by atoms with Crippen molar-refractivity contribution in [2.75, 3.05) is 6.54 Å². The molecule has 0 saturated heterocycles. The summed E-state index contributed by atoms with van der Waals surface area (Å²) in [6.45, 7) is 0.467. The van der Waals surface area contributed by atoms with Crippen LogP contribution in [0.4, 0.5) is 4.39 Å². The summed E-state index contributed by atoms with van der Waals surface area (Å²) in [4.78, 5) is 0. The molecule has 2 aromatic carbocycles. The van der Waals surface area contributed by atoms with Crippen LogP contribution in [-0.2, 0) is 6.42 Å². The van der Waals surface area contributed by atoms with Crippen molar-refractivity contribution < 1.29 is 4.39 Å². The summed E-state index contributed by atoms with van der Waals surface area (Å²) in [5.74, 6) is -0.192. The zero-order valence-electron chi connectivity index (χ0n) is 10.2. The first-order chi connectivity index (χ1) is 9.10. The first-order valence-corrected chi connectivity index (χ1v) is 6.75. The molecule has 2 rings (SSSR count). The van der Waals surface area contributed by atoms with Crippen molar-refractivity contribution in [2.45, 2.75) is 12.3 Å². The van der Waals surface area contributed by atoms with Gasteiger partial charge in [-0.1, -0.05) is 35.3 Å². The monoisotopic (exact) mass is 297 g/mol. The Labute approximate surface area is 122 Å². The van der Waals surface area contributed by atoms with E-state index in [0.717, 1.165) is 11.1 Å². The van der Waals surface area contributed by atoms with E-state index >= 15 is 0 Å². The van der Waals surface area contributed by atoms with Crippen LogP contribution in [0.15, 0.2) is 42.5 Å². The number of nitrogens with two attached hydrogens (primary N) is 1. The largest absolute Gasteiger partial charge is 0.330 e. The lowest BCUT2D eigenvalue weighted by atomic mass is 9.92. The second-order valence-electron chi connectivity index (χ2n) is 4.42. The zero-order chi connectivity index (χ0) is 13.8. The normalized spacial score (nSPS) is 12.4. The quantitative estimate of drug-likeness (QED) is 0.888. The van der Waals surface area contributed by atoms with Crippen LogP contribution >= 0.6 is 23.2 Å². The van der Waals surface area contributed by atoms with Crippen LogP contribution in [0.1, 0.15) is 17.0 Å². The molecule has 0 fully saturated rings. The summed E-state index contributed by atoms with van der Waals surface area (Å²) < 4.78 is 13.2. The van der Waals surface area contributed by atoms with Gasteiger partial charge in [-0.2, -0.15) is 0 Å². The summed E-state index contributed by atoms with van der Waals surface area (Å²) in [5.41, 5.74) is 7.66. The van der Waals surface area contributed by atoms with E-state index in [1.807, 2.05) is 24.3 Å². The average Bonchev–Trinajstić information content (AvgIpc) is 2.41. The maximum absolute atomic E-state index is 13.2. The molecule has 0 aliphatic heterocycles. The topological polar surface area (TPSA) is 26.0 Å². The summed E-state index contributed by atoms with van der Waals surface area (Å²) in [6.07, 6.45) is 0.606. The molecule has 19 heavy (non-hydrogen) atoms. The van der Waals surface area contributed by atoms with Gasteiger partial charge in [0.2, 0.25) is 0 Å². The second-order valence-corrected chi connectivity index (χ2v) is 5.27. The molecule has 0 heterocycles. The van der Waals surface area contributed by atoms with Gasteiger partial charge in [-0.15, -0.1) is 0 Å². The van der Waals surface area contributed by atoms with E-state index in [1.165, 1.54) is 12.1 Å². The van der Waals surface area contributed by atoms with Crippen LogP contribution in [0, 0.1) is 5.82 Å². The van der Waals surface area contributed by atoms with Gasteiger partial charge in [0, 0.05) is 16.0 Å². The molecule has 0 aliphatic rings. The minimum atomic E-state index is -0.286. The Hall–Kier alpha value is -1.09. The van der Waals surface area contributed by atoms with E-state index in [1.54, 1.807) is 6.07 Å². The van der Waals surface area contributed by atoms with Gasteiger partial charge in [0.05, 0.1) is 0 Å². The molecule has 0 aliphatic carbocycles. The number of hydrogen-bond acceptors (Lipinski definition) is 1. The minimum Gasteiger partial charge on any atom is -0.330 e. The fourth-order valence-corrected chi connectivity index (χ4v) is 2.36. The number of hydrogen-bond donors (Lipinski definition) is 1. The molecular formula is C15H14Cl2FN. The van der Waals surface area contributed by atoms with Crippen LogP contribution < -0.4 is 5.73 Å². The van der Waals surface area contributed by atoms with E-state index < -0.39 is 0 Å². The first kappa shape index (κ1) is 14.3. The van der Waals surface area contributed by atoms with Gasteiger partial charge in [-0.3, -0.25) is 0 Å². The molecule has 0 spiro atoms. The molecule has 0 amide bonds. The van der Waals surface area contributed by atoms with Gasteiger partial charge in [-0.05, 0) is 54.4 Å². The van der Waals surface area contributed by atoms with E-state index in [0.29, 0.717) is 23.0 Å². The van der Waals surface area contributed by atoms with Crippen LogP contribution in [0.25, 0.3) is 0 Å². The molecule has 4 heteroatoms. The SMILES string of the molecule is NCC(Cc1cc(F)ccc1Cl)c1ccc(Cl)cc1. The van der Waals surface area contributed by atoms with Crippen LogP contribution in [0.5, 0.6) is 0 Å². The van der Waals surface area contributed by atoms with E-state index in [2.05, 4.69) is 0 Å². The maximum Gasteiger partial charge on any atom is 0.123 e. The van der Waals surface area contributed by atoms with Crippen molar-refractivity contribution in [3.63, 3.8) is 0 Å². The molecular weight excluding hydrogens is 284 g/mol. The predicted octanol–water partition coefficient (Wildman–Crippen LogP) is 4.42. The molecule has 0 radical (unpaired) electrons. The summed E-state index contributed by atoms with van der Waals surface area (Å²) in [6, 6.07) is 11.9. The van der Waals surface area contributed by atoms with Gasteiger partial charge in [0.1, 0.15) is 5.82 Å². The Morgan fingerprint density at radius 3 is 2.37 bits per heavy atom. The lowest BCUT2D eigenvalue weighted by Gasteiger charge is -2.16. The van der Waals surface area contributed by atoms with Crippen LogP contribution in [-0.4, -0.2) is 6.54 Å². The van der Waals surface area contributed by atoms with E-state index in [9.17, 15) is 4.39 Å². The zero-order valence-corrected chi connectivity index (χ0v) is 11.8. The molecule has 100 valence electrons. The molecule has 1 unspecified atom stereocenters. The number of benzene rings is 2. The van der Waals surface area contributed by atoms with Crippen molar-refractivity contribution in [3.8, 4) is 0 Å². The van der Waals surface area contributed by atoms with Crippen molar-refractivity contribution in [1.29, 1.82) is 0 Å². The highest BCUT2D eigenvalue weighted by molar-refractivity contribution is 6.31. The van der Waals surface area contributed by atoms with E-state index in [4.69, 9.17) is 28.9 Å². The predicted molar refractivity (Wildman–Crippen MR) is 78.4 cm³/mol. The minimum absolute atomic E-state index is 0.0940. The number of rotatable bonds is 4. The van der Waals surface area contributed by atoms with Gasteiger partial charge in [0.15, 0.2) is 0 Å². The van der Waals surface area contributed by atoms with Crippen LogP contribution in [0.2, 0.25) is 10.0 Å². The summed E-state index contributed by atoms with van der Waals surface area (Å²) in [7, 11) is 0. The summed E-state index contributed by atoms with van der Waals surface area (Å²) in [5, 5.41) is 1.25. The Morgan fingerprint density at radius 2 is 1.74 bits per heavy atom. The molecule has 1 atom stereocenters. The smallest absolute Gasteiger partial charge is 0.123 e. The Balaban J connectivity index is 2.23. The van der Waals surface area contributed by atoms with Crippen molar-refractivity contribution >= 4 is 23.2 Å². The van der Waals surface area contributed by atoms with E-state index in [-0.39, 0.29) is 11.7 Å². The second kappa shape index (κ2) is 6.38. The molecule has 2 N–H and O–H groups in total. The fourth-order valence-electron chi connectivity index (χ4n) is 2.04. The van der Waals surface area contributed by atoms with Gasteiger partial charge in [0.25, 0.3) is 0 Å².